The number of carbonyl (C=O) groups is 2. The molecule has 1 aromatic heterocycles. The molecule has 5 heteroatoms. The molecule has 0 radical (unpaired) electrons. The number of aromatic nitrogens is 1. The standard InChI is InChI=1S/C21H22N2O3/c1-11-15(16-10-14(26-2)5-6-17(16)22-11)7-8-23-20(24)18-12-3-4-13(9-12)19(18)21(23)25/h3-6,10,12-13,18-19,22H,7-9H2,1-2H3/t12-,13+,18-,19+. The van der Waals surface area contributed by atoms with E-state index < -0.39 is 0 Å². The molecule has 1 saturated carbocycles. The maximum Gasteiger partial charge on any atom is 0.233 e. The van der Waals surface area contributed by atoms with Crippen LogP contribution in [0.1, 0.15) is 17.7 Å². The second kappa shape index (κ2) is 5.47. The van der Waals surface area contributed by atoms with Gasteiger partial charge in [0.25, 0.3) is 0 Å². The van der Waals surface area contributed by atoms with Crippen LogP contribution in [0.3, 0.4) is 0 Å². The van der Waals surface area contributed by atoms with Gasteiger partial charge in [0.1, 0.15) is 5.75 Å². The number of aromatic amines is 1. The Hall–Kier alpha value is -2.56. The number of ether oxygens (including phenoxy) is 1. The Morgan fingerprint density at radius 1 is 1.15 bits per heavy atom. The maximum atomic E-state index is 12.8. The van der Waals surface area contributed by atoms with Crippen molar-refractivity contribution in [3.8, 4) is 5.75 Å². The van der Waals surface area contributed by atoms with Crippen LogP contribution in [-0.2, 0) is 16.0 Å². The molecule has 0 unspecified atom stereocenters. The lowest BCUT2D eigenvalue weighted by Crippen LogP contribution is -2.34. The summed E-state index contributed by atoms with van der Waals surface area (Å²) >= 11 is 0. The van der Waals surface area contributed by atoms with Crippen molar-refractivity contribution in [3.05, 3.63) is 41.6 Å². The lowest BCUT2D eigenvalue weighted by Gasteiger charge is -2.17. The summed E-state index contributed by atoms with van der Waals surface area (Å²) in [4.78, 5) is 30.6. The highest BCUT2D eigenvalue weighted by molar-refractivity contribution is 6.06. The lowest BCUT2D eigenvalue weighted by atomic mass is 9.85. The maximum absolute atomic E-state index is 12.8. The lowest BCUT2D eigenvalue weighted by molar-refractivity contribution is -0.140. The highest BCUT2D eigenvalue weighted by atomic mass is 16.5. The number of amides is 2. The van der Waals surface area contributed by atoms with Crippen LogP contribution in [-0.4, -0.2) is 35.4 Å². The van der Waals surface area contributed by atoms with E-state index in [0.717, 1.165) is 34.3 Å². The molecule has 1 aromatic carbocycles. The van der Waals surface area contributed by atoms with Gasteiger partial charge in [0, 0.05) is 23.1 Å². The van der Waals surface area contributed by atoms with Crippen LogP contribution >= 0.6 is 0 Å². The average Bonchev–Trinajstić information content (AvgIpc) is 3.37. The molecule has 0 spiro atoms. The van der Waals surface area contributed by atoms with E-state index in [1.807, 2.05) is 25.1 Å². The van der Waals surface area contributed by atoms with Crippen LogP contribution in [0.15, 0.2) is 30.4 Å². The van der Waals surface area contributed by atoms with Crippen LogP contribution < -0.4 is 4.74 Å². The van der Waals surface area contributed by atoms with E-state index in [-0.39, 0.29) is 35.5 Å². The molecular formula is C21H22N2O3. The van der Waals surface area contributed by atoms with Gasteiger partial charge in [-0.15, -0.1) is 0 Å². The van der Waals surface area contributed by atoms with Crippen molar-refractivity contribution < 1.29 is 14.3 Å². The third kappa shape index (κ3) is 2.03. The van der Waals surface area contributed by atoms with Crippen molar-refractivity contribution in [1.82, 2.24) is 9.88 Å². The summed E-state index contributed by atoms with van der Waals surface area (Å²) in [5, 5.41) is 1.10. The highest BCUT2D eigenvalue weighted by Crippen LogP contribution is 2.52. The van der Waals surface area contributed by atoms with Crippen molar-refractivity contribution in [3.63, 3.8) is 0 Å². The van der Waals surface area contributed by atoms with Gasteiger partial charge in [-0.25, -0.2) is 0 Å². The Morgan fingerprint density at radius 2 is 1.85 bits per heavy atom. The molecule has 2 amide bonds. The number of imide groups is 1. The van der Waals surface area contributed by atoms with Crippen LogP contribution in [0.4, 0.5) is 0 Å². The Labute approximate surface area is 152 Å². The normalized spacial score (nSPS) is 29.2. The molecule has 1 N–H and O–H groups in total. The monoisotopic (exact) mass is 350 g/mol. The van der Waals surface area contributed by atoms with Gasteiger partial charge >= 0.3 is 0 Å². The van der Waals surface area contributed by atoms with Crippen molar-refractivity contribution in [2.75, 3.05) is 13.7 Å². The van der Waals surface area contributed by atoms with Crippen LogP contribution in [0, 0.1) is 30.6 Å². The number of likely N-dealkylation sites (tertiary alicyclic amines) is 1. The number of methoxy groups -OCH3 is 1. The Kier molecular flexibility index (Phi) is 3.30. The predicted molar refractivity (Wildman–Crippen MR) is 97.7 cm³/mol. The zero-order valence-corrected chi connectivity index (χ0v) is 15.0. The third-order valence-corrected chi connectivity index (χ3v) is 6.47. The topological polar surface area (TPSA) is 62.4 Å². The Balaban J connectivity index is 1.40. The van der Waals surface area contributed by atoms with Crippen LogP contribution in [0.25, 0.3) is 10.9 Å². The van der Waals surface area contributed by atoms with Gasteiger partial charge in [-0.3, -0.25) is 14.5 Å². The van der Waals surface area contributed by atoms with Gasteiger partial charge in [-0.1, -0.05) is 12.2 Å². The first kappa shape index (κ1) is 15.7. The summed E-state index contributed by atoms with van der Waals surface area (Å²) in [5.41, 5.74) is 3.28. The number of rotatable bonds is 4. The number of hydrogen-bond donors (Lipinski definition) is 1. The van der Waals surface area contributed by atoms with Gasteiger partial charge in [0.15, 0.2) is 0 Å². The van der Waals surface area contributed by atoms with Gasteiger partial charge < -0.3 is 9.72 Å². The molecule has 2 aliphatic carbocycles. The van der Waals surface area contributed by atoms with E-state index in [2.05, 4.69) is 17.1 Å². The molecule has 3 aliphatic rings. The number of H-pyrrole nitrogens is 1. The molecule has 4 atom stereocenters. The minimum absolute atomic E-state index is 0.0342. The van der Waals surface area contributed by atoms with E-state index in [9.17, 15) is 9.59 Å². The number of benzene rings is 1. The first-order valence-electron chi connectivity index (χ1n) is 9.27. The fraction of sp³-hybridized carbons (Fsp3) is 0.429. The van der Waals surface area contributed by atoms with E-state index in [0.29, 0.717) is 13.0 Å². The molecule has 1 saturated heterocycles. The van der Waals surface area contributed by atoms with Crippen molar-refractivity contribution in [1.29, 1.82) is 0 Å². The van der Waals surface area contributed by atoms with E-state index in [1.165, 1.54) is 4.90 Å². The molecule has 26 heavy (non-hydrogen) atoms. The van der Waals surface area contributed by atoms with Crippen molar-refractivity contribution >= 4 is 22.7 Å². The summed E-state index contributed by atoms with van der Waals surface area (Å²) in [6, 6.07) is 5.95. The molecular weight excluding hydrogens is 328 g/mol. The molecule has 2 bridgehead atoms. The molecule has 2 aromatic rings. The largest absolute Gasteiger partial charge is 0.497 e. The fourth-order valence-electron chi connectivity index (χ4n) is 5.22. The number of carbonyl (C=O) groups excluding carboxylic acids is 2. The Morgan fingerprint density at radius 3 is 2.50 bits per heavy atom. The van der Waals surface area contributed by atoms with E-state index in [4.69, 9.17) is 4.74 Å². The van der Waals surface area contributed by atoms with Crippen LogP contribution in [0.2, 0.25) is 0 Å². The van der Waals surface area contributed by atoms with E-state index in [1.54, 1.807) is 7.11 Å². The van der Waals surface area contributed by atoms with Crippen LogP contribution in [0.5, 0.6) is 5.75 Å². The first-order valence-corrected chi connectivity index (χ1v) is 9.27. The smallest absolute Gasteiger partial charge is 0.233 e. The number of hydrogen-bond acceptors (Lipinski definition) is 3. The number of fused-ring (bicyclic) bond motifs is 6. The summed E-state index contributed by atoms with van der Waals surface area (Å²) in [6.07, 6.45) is 5.91. The third-order valence-electron chi connectivity index (χ3n) is 6.47. The number of nitrogens with one attached hydrogen (secondary N) is 1. The van der Waals surface area contributed by atoms with Gasteiger partial charge in [-0.05, 0) is 55.4 Å². The molecule has 2 fully saturated rings. The first-order chi connectivity index (χ1) is 12.6. The molecule has 5 rings (SSSR count). The molecule has 1 aliphatic heterocycles. The van der Waals surface area contributed by atoms with Gasteiger partial charge in [0.2, 0.25) is 11.8 Å². The zero-order chi connectivity index (χ0) is 18.0. The SMILES string of the molecule is COc1ccc2[nH]c(C)c(CCN3C(=O)[C@@H]4[C@H](C3=O)[C@@H]3C=C[C@H]4C3)c2c1. The minimum atomic E-state index is -0.110. The molecule has 5 nitrogen and oxygen atoms in total. The quantitative estimate of drug-likeness (QED) is 0.681. The second-order valence-corrected chi connectivity index (χ2v) is 7.72. The zero-order valence-electron chi connectivity index (χ0n) is 15.0. The average molecular weight is 350 g/mol. The van der Waals surface area contributed by atoms with Gasteiger partial charge in [-0.2, -0.15) is 0 Å². The number of allylic oxidation sites excluding steroid dienone is 2. The minimum Gasteiger partial charge on any atom is -0.497 e. The fourth-order valence-corrected chi connectivity index (χ4v) is 5.22. The summed E-state index contributed by atoms with van der Waals surface area (Å²) < 4.78 is 5.34. The Bertz CT molecular complexity index is 928. The molecule has 134 valence electrons. The summed E-state index contributed by atoms with van der Waals surface area (Å²) in [6.45, 7) is 2.49. The van der Waals surface area contributed by atoms with E-state index >= 15 is 0 Å². The second-order valence-electron chi connectivity index (χ2n) is 7.72. The van der Waals surface area contributed by atoms with Crippen molar-refractivity contribution in [2.45, 2.75) is 19.8 Å². The highest BCUT2D eigenvalue weighted by Gasteiger charge is 2.58. The summed E-state index contributed by atoms with van der Waals surface area (Å²) in [5.74, 6) is 1.20. The number of nitrogens with zero attached hydrogens (tertiary/aromatic N) is 1. The summed E-state index contributed by atoms with van der Waals surface area (Å²) in [7, 11) is 1.66. The number of aryl methyl sites for hydroxylation is 1. The van der Waals surface area contributed by atoms with Gasteiger partial charge in [0.05, 0.1) is 18.9 Å². The predicted octanol–water partition coefficient (Wildman–Crippen LogP) is 2.83. The molecule has 2 heterocycles. The van der Waals surface area contributed by atoms with Crippen molar-refractivity contribution in [2.24, 2.45) is 23.7 Å².